The smallest absolute Gasteiger partial charge is 0.320 e. The number of nitrogens with zero attached hydrogens (tertiary/aromatic N) is 3. The second-order valence-electron chi connectivity index (χ2n) is 5.05. The maximum atomic E-state index is 11.2. The van der Waals surface area contributed by atoms with Crippen molar-refractivity contribution in [2.75, 3.05) is 13.1 Å². The van der Waals surface area contributed by atoms with Crippen LogP contribution in [0.25, 0.3) is 0 Å². The minimum Gasteiger partial charge on any atom is -0.480 e. The van der Waals surface area contributed by atoms with Crippen LogP contribution in [0.5, 0.6) is 0 Å². The van der Waals surface area contributed by atoms with Gasteiger partial charge in [-0.2, -0.15) is 5.10 Å². The zero-order valence-electron chi connectivity index (χ0n) is 11.0. The van der Waals surface area contributed by atoms with Crippen molar-refractivity contribution in [2.45, 2.75) is 45.2 Å². The lowest BCUT2D eigenvalue weighted by Gasteiger charge is -2.36. The van der Waals surface area contributed by atoms with Crippen LogP contribution in [0.4, 0.5) is 0 Å². The van der Waals surface area contributed by atoms with Crippen LogP contribution in [-0.2, 0) is 4.79 Å². The van der Waals surface area contributed by atoms with E-state index < -0.39 is 5.97 Å². The van der Waals surface area contributed by atoms with Gasteiger partial charge in [-0.15, -0.1) is 0 Å². The molecule has 5 nitrogen and oxygen atoms in total. The van der Waals surface area contributed by atoms with Crippen molar-refractivity contribution in [3.8, 4) is 0 Å². The standard InChI is InChI=1S/C13H21N3O2/c1-3-12(13(17)18)15-6-4-5-11(9-15)16-8-10(2)7-14-16/h7-8,11-12H,3-6,9H2,1-2H3,(H,17,18)/t11-,12-/m0/s1. The molecule has 2 atom stereocenters. The predicted octanol–water partition coefficient (Wildman–Crippen LogP) is 1.69. The lowest BCUT2D eigenvalue weighted by atomic mass is 10.0. The van der Waals surface area contributed by atoms with Crippen molar-refractivity contribution in [3.63, 3.8) is 0 Å². The molecule has 0 radical (unpaired) electrons. The SMILES string of the molecule is CC[C@@H](C(=O)O)N1CCC[C@H](n2cc(C)cn2)C1. The Morgan fingerprint density at radius 1 is 1.67 bits per heavy atom. The average Bonchev–Trinajstić information content (AvgIpc) is 2.77. The predicted molar refractivity (Wildman–Crippen MR) is 68.5 cm³/mol. The van der Waals surface area contributed by atoms with Gasteiger partial charge in [-0.25, -0.2) is 0 Å². The Bertz CT molecular complexity index is 416. The van der Waals surface area contributed by atoms with E-state index in [1.165, 1.54) is 0 Å². The highest BCUT2D eigenvalue weighted by Gasteiger charge is 2.29. The fourth-order valence-corrected chi connectivity index (χ4v) is 2.70. The Morgan fingerprint density at radius 3 is 3.00 bits per heavy atom. The maximum absolute atomic E-state index is 11.2. The summed E-state index contributed by atoms with van der Waals surface area (Å²) in [4.78, 5) is 13.3. The topological polar surface area (TPSA) is 58.4 Å². The number of carboxylic acid groups (broad SMARTS) is 1. The van der Waals surface area contributed by atoms with Gasteiger partial charge in [0.2, 0.25) is 0 Å². The Labute approximate surface area is 107 Å². The number of rotatable bonds is 4. The van der Waals surface area contributed by atoms with Crippen LogP contribution in [0, 0.1) is 6.92 Å². The van der Waals surface area contributed by atoms with E-state index >= 15 is 0 Å². The Morgan fingerprint density at radius 2 is 2.44 bits per heavy atom. The Balaban J connectivity index is 2.06. The van der Waals surface area contributed by atoms with Crippen molar-refractivity contribution in [2.24, 2.45) is 0 Å². The molecule has 0 spiro atoms. The Kier molecular flexibility index (Phi) is 4.01. The summed E-state index contributed by atoms with van der Waals surface area (Å²) in [5.74, 6) is -0.713. The molecule has 2 heterocycles. The van der Waals surface area contributed by atoms with Crippen LogP contribution in [0.3, 0.4) is 0 Å². The minimum absolute atomic E-state index is 0.306. The third-order valence-corrected chi connectivity index (χ3v) is 3.65. The summed E-state index contributed by atoms with van der Waals surface area (Å²) in [6.45, 7) is 5.62. The molecule has 1 fully saturated rings. The second-order valence-corrected chi connectivity index (χ2v) is 5.05. The number of aryl methyl sites for hydroxylation is 1. The lowest BCUT2D eigenvalue weighted by Crippen LogP contribution is -2.46. The van der Waals surface area contributed by atoms with Crippen LogP contribution >= 0.6 is 0 Å². The van der Waals surface area contributed by atoms with Gasteiger partial charge in [0.25, 0.3) is 0 Å². The van der Waals surface area contributed by atoms with Gasteiger partial charge in [-0.3, -0.25) is 14.4 Å². The van der Waals surface area contributed by atoms with Crippen molar-refractivity contribution in [3.05, 3.63) is 18.0 Å². The highest BCUT2D eigenvalue weighted by molar-refractivity contribution is 5.73. The molecule has 0 saturated carbocycles. The molecule has 0 aliphatic carbocycles. The largest absolute Gasteiger partial charge is 0.480 e. The highest BCUT2D eigenvalue weighted by atomic mass is 16.4. The number of hydrogen-bond acceptors (Lipinski definition) is 3. The van der Waals surface area contributed by atoms with E-state index in [9.17, 15) is 9.90 Å². The molecule has 100 valence electrons. The fraction of sp³-hybridized carbons (Fsp3) is 0.692. The third-order valence-electron chi connectivity index (χ3n) is 3.65. The van der Waals surface area contributed by atoms with Gasteiger partial charge >= 0.3 is 5.97 Å². The van der Waals surface area contributed by atoms with Crippen molar-refractivity contribution < 1.29 is 9.90 Å². The molecule has 0 bridgehead atoms. The first kappa shape index (κ1) is 13.1. The quantitative estimate of drug-likeness (QED) is 0.884. The molecule has 1 aromatic heterocycles. The van der Waals surface area contributed by atoms with Gasteiger partial charge in [-0.1, -0.05) is 6.92 Å². The van der Waals surface area contributed by atoms with Crippen molar-refractivity contribution >= 4 is 5.97 Å². The van der Waals surface area contributed by atoms with Gasteiger partial charge in [0.1, 0.15) is 6.04 Å². The fourth-order valence-electron chi connectivity index (χ4n) is 2.70. The number of carbonyl (C=O) groups is 1. The number of hydrogen-bond donors (Lipinski definition) is 1. The minimum atomic E-state index is -0.713. The van der Waals surface area contributed by atoms with Crippen LogP contribution in [0.15, 0.2) is 12.4 Å². The zero-order valence-corrected chi connectivity index (χ0v) is 11.0. The molecule has 1 aromatic rings. The monoisotopic (exact) mass is 251 g/mol. The van der Waals surface area contributed by atoms with Crippen LogP contribution < -0.4 is 0 Å². The van der Waals surface area contributed by atoms with E-state index in [0.29, 0.717) is 12.5 Å². The van der Waals surface area contributed by atoms with Crippen LogP contribution in [-0.4, -0.2) is 44.9 Å². The van der Waals surface area contributed by atoms with Gasteiger partial charge < -0.3 is 5.11 Å². The molecule has 0 amide bonds. The first-order valence-corrected chi connectivity index (χ1v) is 6.59. The highest BCUT2D eigenvalue weighted by Crippen LogP contribution is 2.23. The second kappa shape index (κ2) is 5.52. The zero-order chi connectivity index (χ0) is 13.1. The summed E-state index contributed by atoms with van der Waals surface area (Å²) in [7, 11) is 0. The number of carboxylic acids is 1. The number of piperidine rings is 1. The summed E-state index contributed by atoms with van der Waals surface area (Å²) in [6, 6.07) is -0.0506. The number of aliphatic carboxylic acids is 1. The molecule has 1 saturated heterocycles. The number of likely N-dealkylation sites (tertiary alicyclic amines) is 1. The summed E-state index contributed by atoms with van der Waals surface area (Å²) >= 11 is 0. The van der Waals surface area contributed by atoms with E-state index in [1.54, 1.807) is 0 Å². The molecule has 1 N–H and O–H groups in total. The molecule has 1 aliphatic rings. The van der Waals surface area contributed by atoms with E-state index in [2.05, 4.69) is 10.00 Å². The van der Waals surface area contributed by atoms with Crippen LogP contribution in [0.1, 0.15) is 37.8 Å². The van der Waals surface area contributed by atoms with Crippen molar-refractivity contribution in [1.82, 2.24) is 14.7 Å². The molecule has 0 unspecified atom stereocenters. The van der Waals surface area contributed by atoms with E-state index in [4.69, 9.17) is 0 Å². The Hall–Kier alpha value is -1.36. The summed E-state index contributed by atoms with van der Waals surface area (Å²) in [5.41, 5.74) is 1.15. The number of aromatic nitrogens is 2. The summed E-state index contributed by atoms with van der Waals surface area (Å²) in [5, 5.41) is 13.6. The van der Waals surface area contributed by atoms with Crippen LogP contribution in [0.2, 0.25) is 0 Å². The van der Waals surface area contributed by atoms with Gasteiger partial charge in [0, 0.05) is 12.7 Å². The first-order chi connectivity index (χ1) is 8.61. The average molecular weight is 251 g/mol. The van der Waals surface area contributed by atoms with Gasteiger partial charge in [0.05, 0.1) is 12.2 Å². The third kappa shape index (κ3) is 2.72. The summed E-state index contributed by atoms with van der Waals surface area (Å²) < 4.78 is 1.98. The molecule has 1 aliphatic heterocycles. The molecular weight excluding hydrogens is 230 g/mol. The molecule has 2 rings (SSSR count). The normalized spacial score (nSPS) is 22.9. The van der Waals surface area contributed by atoms with Gasteiger partial charge in [-0.05, 0) is 38.3 Å². The molecule has 0 aromatic carbocycles. The lowest BCUT2D eigenvalue weighted by molar-refractivity contribution is -0.144. The molecule has 5 heteroatoms. The van der Waals surface area contributed by atoms with E-state index in [0.717, 1.165) is 31.5 Å². The van der Waals surface area contributed by atoms with E-state index in [1.807, 2.05) is 30.9 Å². The van der Waals surface area contributed by atoms with E-state index in [-0.39, 0.29) is 6.04 Å². The molecule has 18 heavy (non-hydrogen) atoms. The van der Waals surface area contributed by atoms with Gasteiger partial charge in [0.15, 0.2) is 0 Å². The van der Waals surface area contributed by atoms with Crippen molar-refractivity contribution in [1.29, 1.82) is 0 Å². The summed E-state index contributed by atoms with van der Waals surface area (Å²) in [6.07, 6.45) is 6.66. The first-order valence-electron chi connectivity index (χ1n) is 6.59. The maximum Gasteiger partial charge on any atom is 0.320 e. The molecular formula is C13H21N3O2.